The maximum Gasteiger partial charge on any atom is 0.123 e. The molecule has 0 saturated carbocycles. The van der Waals surface area contributed by atoms with Gasteiger partial charge < -0.3 is 20.8 Å². The first-order valence-corrected chi connectivity index (χ1v) is 12.1. The van der Waals surface area contributed by atoms with Crippen LogP contribution in [0, 0.1) is 0 Å². The Morgan fingerprint density at radius 2 is 1.15 bits per heavy atom. The second-order valence-electron chi connectivity index (χ2n) is 11.1. The maximum absolute atomic E-state index is 10.9. The standard InChI is InChI=1S/C30H40N2O2/c1-29(2,3)24-16-10-14-22(27(24)33)18-31-20-26(21-12-8-7-9-13-21)32-19-23-15-11-17-25(28(23)34)30(4,5)6/h7-17,26,31-34H,18-20H2,1-6H3/t26-/m0/s1. The van der Waals surface area contributed by atoms with Crippen LogP contribution in [-0.2, 0) is 23.9 Å². The van der Waals surface area contributed by atoms with E-state index in [1.807, 2.05) is 54.6 Å². The number of hydrogen-bond acceptors (Lipinski definition) is 4. The van der Waals surface area contributed by atoms with Crippen LogP contribution in [0.2, 0.25) is 0 Å². The van der Waals surface area contributed by atoms with Crippen LogP contribution in [-0.4, -0.2) is 16.8 Å². The van der Waals surface area contributed by atoms with Crippen LogP contribution in [0.3, 0.4) is 0 Å². The highest BCUT2D eigenvalue weighted by Gasteiger charge is 2.21. The number of nitrogens with one attached hydrogen (secondary N) is 2. The molecule has 0 fully saturated rings. The molecular formula is C30H40N2O2. The molecule has 3 rings (SSSR count). The summed E-state index contributed by atoms with van der Waals surface area (Å²) in [5.41, 5.74) is 4.64. The van der Waals surface area contributed by atoms with E-state index in [2.05, 4.69) is 64.3 Å². The maximum atomic E-state index is 10.9. The van der Waals surface area contributed by atoms with E-state index in [0.717, 1.165) is 22.3 Å². The van der Waals surface area contributed by atoms with E-state index >= 15 is 0 Å². The van der Waals surface area contributed by atoms with Crippen molar-refractivity contribution in [3.05, 3.63) is 94.5 Å². The smallest absolute Gasteiger partial charge is 0.123 e. The number of phenols is 2. The highest BCUT2D eigenvalue weighted by atomic mass is 16.3. The van der Waals surface area contributed by atoms with E-state index in [0.29, 0.717) is 31.1 Å². The molecule has 0 amide bonds. The molecule has 0 bridgehead atoms. The molecule has 0 aliphatic carbocycles. The van der Waals surface area contributed by atoms with E-state index in [1.54, 1.807) is 0 Å². The van der Waals surface area contributed by atoms with Crippen LogP contribution in [0.5, 0.6) is 11.5 Å². The Balaban J connectivity index is 1.73. The van der Waals surface area contributed by atoms with Gasteiger partial charge in [-0.1, -0.05) is 108 Å². The van der Waals surface area contributed by atoms with Gasteiger partial charge in [0.15, 0.2) is 0 Å². The average Bonchev–Trinajstić information content (AvgIpc) is 2.77. The first-order valence-electron chi connectivity index (χ1n) is 12.1. The second kappa shape index (κ2) is 10.6. The summed E-state index contributed by atoms with van der Waals surface area (Å²) in [6.45, 7) is 14.5. The number of para-hydroxylation sites is 2. The molecule has 0 aliphatic rings. The second-order valence-corrected chi connectivity index (χ2v) is 11.1. The highest BCUT2D eigenvalue weighted by Crippen LogP contribution is 2.34. The largest absolute Gasteiger partial charge is 0.507 e. The number of aromatic hydroxyl groups is 2. The zero-order valence-corrected chi connectivity index (χ0v) is 21.4. The van der Waals surface area contributed by atoms with Crippen molar-refractivity contribution in [3.8, 4) is 11.5 Å². The van der Waals surface area contributed by atoms with Gasteiger partial charge in [-0.25, -0.2) is 0 Å². The topological polar surface area (TPSA) is 64.5 Å². The van der Waals surface area contributed by atoms with Crippen molar-refractivity contribution < 1.29 is 10.2 Å². The summed E-state index contributed by atoms with van der Waals surface area (Å²) >= 11 is 0. The predicted molar refractivity (Wildman–Crippen MR) is 141 cm³/mol. The van der Waals surface area contributed by atoms with Gasteiger partial charge >= 0.3 is 0 Å². The van der Waals surface area contributed by atoms with Crippen LogP contribution in [0.15, 0.2) is 66.7 Å². The van der Waals surface area contributed by atoms with Gasteiger partial charge in [-0.3, -0.25) is 0 Å². The average molecular weight is 461 g/mol. The summed E-state index contributed by atoms with van der Waals surface area (Å²) in [4.78, 5) is 0. The molecule has 4 nitrogen and oxygen atoms in total. The van der Waals surface area contributed by atoms with Crippen LogP contribution < -0.4 is 10.6 Å². The summed E-state index contributed by atoms with van der Waals surface area (Å²) in [5.74, 6) is 0.738. The van der Waals surface area contributed by atoms with Gasteiger partial charge in [0.25, 0.3) is 0 Å². The molecule has 34 heavy (non-hydrogen) atoms. The van der Waals surface area contributed by atoms with Crippen molar-refractivity contribution in [3.63, 3.8) is 0 Å². The van der Waals surface area contributed by atoms with Gasteiger partial charge in [0.1, 0.15) is 11.5 Å². The molecule has 0 unspecified atom stereocenters. The lowest BCUT2D eigenvalue weighted by atomic mass is 9.85. The minimum absolute atomic E-state index is 0.0480. The molecule has 0 radical (unpaired) electrons. The summed E-state index contributed by atoms with van der Waals surface area (Å²) in [6, 6.07) is 22.3. The summed E-state index contributed by atoms with van der Waals surface area (Å²) in [7, 11) is 0. The Kier molecular flexibility index (Phi) is 8.06. The Bertz CT molecular complexity index is 1080. The molecule has 3 aromatic rings. The van der Waals surface area contributed by atoms with Crippen molar-refractivity contribution >= 4 is 0 Å². The van der Waals surface area contributed by atoms with Crippen molar-refractivity contribution in [2.75, 3.05) is 6.54 Å². The molecule has 0 aromatic heterocycles. The van der Waals surface area contributed by atoms with E-state index in [1.165, 1.54) is 5.56 Å². The van der Waals surface area contributed by atoms with Gasteiger partial charge in [0, 0.05) is 36.8 Å². The fourth-order valence-electron chi connectivity index (χ4n) is 4.26. The summed E-state index contributed by atoms with van der Waals surface area (Å²) in [5, 5.41) is 28.8. The third-order valence-corrected chi connectivity index (χ3v) is 6.26. The van der Waals surface area contributed by atoms with Crippen LogP contribution in [0.1, 0.15) is 75.4 Å². The number of phenolic OH excluding ortho intramolecular Hbond substituents is 2. The lowest BCUT2D eigenvalue weighted by Gasteiger charge is -2.24. The van der Waals surface area contributed by atoms with E-state index in [4.69, 9.17) is 0 Å². The van der Waals surface area contributed by atoms with Gasteiger partial charge in [-0.15, -0.1) is 0 Å². The van der Waals surface area contributed by atoms with Crippen molar-refractivity contribution in [2.45, 2.75) is 71.5 Å². The Morgan fingerprint density at radius 3 is 1.65 bits per heavy atom. The SMILES string of the molecule is CC(C)(C)c1cccc(CNC[C@H](NCc2cccc(C(C)(C)C)c2O)c2ccccc2)c1O. The van der Waals surface area contributed by atoms with E-state index < -0.39 is 0 Å². The molecule has 0 spiro atoms. The Labute approximate surface area is 205 Å². The van der Waals surface area contributed by atoms with Crippen molar-refractivity contribution in [1.82, 2.24) is 10.6 Å². The number of hydrogen-bond donors (Lipinski definition) is 4. The zero-order valence-electron chi connectivity index (χ0n) is 21.4. The first-order chi connectivity index (χ1) is 16.0. The molecular weight excluding hydrogens is 420 g/mol. The number of rotatable bonds is 8. The third kappa shape index (κ3) is 6.40. The first kappa shape index (κ1) is 25.8. The minimum Gasteiger partial charge on any atom is -0.507 e. The van der Waals surface area contributed by atoms with Crippen LogP contribution >= 0.6 is 0 Å². The molecule has 0 saturated heterocycles. The van der Waals surface area contributed by atoms with Gasteiger partial charge in [0.2, 0.25) is 0 Å². The van der Waals surface area contributed by atoms with Gasteiger partial charge in [-0.2, -0.15) is 0 Å². The van der Waals surface area contributed by atoms with Crippen molar-refractivity contribution in [2.24, 2.45) is 0 Å². The number of benzene rings is 3. The fourth-order valence-corrected chi connectivity index (χ4v) is 4.26. The van der Waals surface area contributed by atoms with Crippen LogP contribution in [0.4, 0.5) is 0 Å². The molecule has 3 aromatic carbocycles. The fraction of sp³-hybridized carbons (Fsp3) is 0.400. The molecule has 4 N–H and O–H groups in total. The molecule has 0 heterocycles. The van der Waals surface area contributed by atoms with Gasteiger partial charge in [-0.05, 0) is 27.5 Å². The van der Waals surface area contributed by atoms with E-state index in [-0.39, 0.29) is 16.9 Å². The monoisotopic (exact) mass is 460 g/mol. The lowest BCUT2D eigenvalue weighted by molar-refractivity contribution is 0.425. The predicted octanol–water partition coefficient (Wildman–Crippen LogP) is 6.31. The molecule has 0 aliphatic heterocycles. The Morgan fingerprint density at radius 1 is 0.647 bits per heavy atom. The van der Waals surface area contributed by atoms with E-state index in [9.17, 15) is 10.2 Å². The summed E-state index contributed by atoms with van der Waals surface area (Å²) < 4.78 is 0. The molecule has 4 heteroatoms. The Hall–Kier alpha value is -2.82. The highest BCUT2D eigenvalue weighted by molar-refractivity contribution is 5.45. The lowest BCUT2D eigenvalue weighted by Crippen LogP contribution is -2.31. The molecule has 182 valence electrons. The summed E-state index contributed by atoms with van der Waals surface area (Å²) in [6.07, 6.45) is 0. The normalized spacial score (nSPS) is 13.1. The minimum atomic E-state index is -0.121. The third-order valence-electron chi connectivity index (χ3n) is 6.26. The van der Waals surface area contributed by atoms with Crippen LogP contribution in [0.25, 0.3) is 0 Å². The quantitative estimate of drug-likeness (QED) is 0.318. The van der Waals surface area contributed by atoms with Crippen molar-refractivity contribution in [1.29, 1.82) is 0 Å². The van der Waals surface area contributed by atoms with Gasteiger partial charge in [0.05, 0.1) is 0 Å². The molecule has 1 atom stereocenters. The zero-order chi connectivity index (χ0) is 24.9.